The van der Waals surface area contributed by atoms with Crippen LogP contribution < -0.4 is 16.5 Å². The van der Waals surface area contributed by atoms with Crippen LogP contribution in [0.3, 0.4) is 0 Å². The molecule has 0 saturated carbocycles. The lowest BCUT2D eigenvalue weighted by Gasteiger charge is -2.21. The topological polar surface area (TPSA) is 96.6 Å². The van der Waals surface area contributed by atoms with Gasteiger partial charge in [0.15, 0.2) is 0 Å². The van der Waals surface area contributed by atoms with Crippen LogP contribution in [-0.4, -0.2) is 37.0 Å². The van der Waals surface area contributed by atoms with Gasteiger partial charge >= 0.3 is 0 Å². The van der Waals surface area contributed by atoms with Crippen molar-refractivity contribution >= 4 is 17.7 Å². The van der Waals surface area contributed by atoms with Crippen molar-refractivity contribution in [3.8, 4) is 0 Å². The second-order valence-corrected chi connectivity index (χ2v) is 4.51. The number of nitrogens with two attached hydrogens (primary N) is 2. The van der Waals surface area contributed by atoms with Crippen LogP contribution in [0, 0.1) is 5.21 Å². The van der Waals surface area contributed by atoms with Gasteiger partial charge in [0.05, 0.1) is 18.8 Å². The lowest BCUT2D eigenvalue weighted by molar-refractivity contribution is -0.845. The zero-order valence-corrected chi connectivity index (χ0v) is 9.85. The van der Waals surface area contributed by atoms with Crippen LogP contribution in [-0.2, 0) is 4.79 Å². The van der Waals surface area contributed by atoms with Gasteiger partial charge in [-0.2, -0.15) is 0 Å². The minimum absolute atomic E-state index is 0.268. The maximum Gasteiger partial charge on any atom is 0.227 e. The van der Waals surface area contributed by atoms with E-state index in [-0.39, 0.29) is 11.0 Å². The molecule has 0 aliphatic heterocycles. The summed E-state index contributed by atoms with van der Waals surface area (Å²) in [5, 5.41) is 11.6. The SMILES string of the molecule is NCCCCC[NH+]([O-])CCSCC(N)=O. The van der Waals surface area contributed by atoms with Gasteiger partial charge in [-0.25, -0.2) is 0 Å². The maximum atomic E-state index is 11.3. The number of rotatable bonds is 10. The summed E-state index contributed by atoms with van der Waals surface area (Å²) in [5.41, 5.74) is 10.3. The van der Waals surface area contributed by atoms with E-state index in [1.807, 2.05) is 0 Å². The van der Waals surface area contributed by atoms with Crippen LogP contribution in [0.5, 0.6) is 0 Å². The Balaban J connectivity index is 3.18. The van der Waals surface area contributed by atoms with Crippen molar-refractivity contribution in [2.45, 2.75) is 19.3 Å². The van der Waals surface area contributed by atoms with Crippen molar-refractivity contribution < 1.29 is 9.86 Å². The average molecular weight is 235 g/mol. The number of primary amides is 1. The van der Waals surface area contributed by atoms with Gasteiger partial charge in [0.2, 0.25) is 5.91 Å². The van der Waals surface area contributed by atoms with E-state index in [1.54, 1.807) is 0 Å². The monoisotopic (exact) mass is 235 g/mol. The molecular formula is C9H21N3O2S. The summed E-state index contributed by atoms with van der Waals surface area (Å²) in [4.78, 5) is 10.4. The maximum absolute atomic E-state index is 11.3. The number of quaternary nitrogens is 1. The number of carbonyl (C=O) groups is 1. The normalized spacial score (nSPS) is 12.7. The molecule has 15 heavy (non-hydrogen) atoms. The highest BCUT2D eigenvalue weighted by molar-refractivity contribution is 7.99. The van der Waals surface area contributed by atoms with Gasteiger partial charge in [0, 0.05) is 5.75 Å². The Morgan fingerprint density at radius 2 is 2.00 bits per heavy atom. The van der Waals surface area contributed by atoms with E-state index in [0.717, 1.165) is 19.3 Å². The van der Waals surface area contributed by atoms with Crippen LogP contribution in [0.4, 0.5) is 0 Å². The molecule has 0 heterocycles. The molecule has 6 heteroatoms. The third-order valence-corrected chi connectivity index (χ3v) is 2.91. The molecule has 0 aliphatic rings. The Hall–Kier alpha value is -0.300. The van der Waals surface area contributed by atoms with Crippen molar-refractivity contribution in [1.29, 1.82) is 0 Å². The first-order chi connectivity index (χ1) is 7.16. The molecule has 0 bridgehead atoms. The average Bonchev–Trinajstić information content (AvgIpc) is 2.19. The van der Waals surface area contributed by atoms with E-state index in [1.165, 1.54) is 11.8 Å². The number of carbonyl (C=O) groups excluding carboxylic acids is 1. The van der Waals surface area contributed by atoms with Crippen LogP contribution in [0.25, 0.3) is 0 Å². The third kappa shape index (κ3) is 11.6. The highest BCUT2D eigenvalue weighted by Gasteiger charge is 1.99. The second-order valence-electron chi connectivity index (χ2n) is 3.41. The van der Waals surface area contributed by atoms with Gasteiger partial charge in [-0.15, -0.1) is 11.8 Å². The number of hydrogen-bond acceptors (Lipinski definition) is 4. The molecule has 0 fully saturated rings. The summed E-state index contributed by atoms with van der Waals surface area (Å²) >= 11 is 1.42. The summed E-state index contributed by atoms with van der Waals surface area (Å²) in [6, 6.07) is 0. The predicted octanol–water partition coefficient (Wildman–Crippen LogP) is -1.28. The van der Waals surface area contributed by atoms with E-state index in [9.17, 15) is 10.0 Å². The smallest absolute Gasteiger partial charge is 0.227 e. The highest BCUT2D eigenvalue weighted by atomic mass is 32.2. The molecule has 0 aromatic carbocycles. The predicted molar refractivity (Wildman–Crippen MR) is 63.5 cm³/mol. The van der Waals surface area contributed by atoms with E-state index in [0.29, 0.717) is 31.1 Å². The number of hydroxylamine groups is 2. The lowest BCUT2D eigenvalue weighted by Crippen LogP contribution is -3.07. The van der Waals surface area contributed by atoms with Crippen LogP contribution >= 0.6 is 11.8 Å². The minimum atomic E-state index is -0.324. The summed E-state index contributed by atoms with van der Waals surface area (Å²) in [5.74, 6) is 0.675. The number of amides is 1. The van der Waals surface area contributed by atoms with Crippen molar-refractivity contribution in [3.05, 3.63) is 5.21 Å². The summed E-state index contributed by atoms with van der Waals surface area (Å²) in [7, 11) is 0. The first-order valence-corrected chi connectivity index (χ1v) is 6.40. The van der Waals surface area contributed by atoms with Crippen molar-refractivity contribution in [3.63, 3.8) is 0 Å². The molecule has 1 amide bonds. The van der Waals surface area contributed by atoms with Crippen LogP contribution in [0.15, 0.2) is 0 Å². The number of nitrogens with one attached hydrogen (secondary N) is 1. The van der Waals surface area contributed by atoms with E-state index < -0.39 is 0 Å². The van der Waals surface area contributed by atoms with Crippen LogP contribution in [0.2, 0.25) is 0 Å². The van der Waals surface area contributed by atoms with Crippen LogP contribution in [0.1, 0.15) is 19.3 Å². The lowest BCUT2D eigenvalue weighted by atomic mass is 10.2. The van der Waals surface area contributed by atoms with Gasteiger partial charge in [-0.3, -0.25) is 4.79 Å². The largest absolute Gasteiger partial charge is 0.634 e. The Morgan fingerprint density at radius 1 is 1.27 bits per heavy atom. The first-order valence-electron chi connectivity index (χ1n) is 5.24. The molecule has 1 unspecified atom stereocenters. The first kappa shape index (κ1) is 14.7. The third-order valence-electron chi connectivity index (χ3n) is 1.93. The number of thioether (sulfide) groups is 1. The Labute approximate surface area is 95.1 Å². The molecule has 0 spiro atoms. The van der Waals surface area contributed by atoms with Crippen molar-refractivity contribution in [2.24, 2.45) is 11.5 Å². The fourth-order valence-corrected chi connectivity index (χ4v) is 1.84. The molecule has 1 atom stereocenters. The van der Waals surface area contributed by atoms with Gasteiger partial charge in [0.25, 0.3) is 0 Å². The fourth-order valence-electron chi connectivity index (χ4n) is 1.13. The molecule has 5 N–H and O–H groups in total. The molecule has 0 aliphatic carbocycles. The highest BCUT2D eigenvalue weighted by Crippen LogP contribution is 1.95. The molecule has 0 rings (SSSR count). The van der Waals surface area contributed by atoms with E-state index in [4.69, 9.17) is 11.5 Å². The molecular weight excluding hydrogens is 214 g/mol. The molecule has 0 radical (unpaired) electrons. The molecule has 0 aromatic heterocycles. The molecule has 90 valence electrons. The van der Waals surface area contributed by atoms with Crippen molar-refractivity contribution in [2.75, 3.05) is 31.1 Å². The molecule has 0 aromatic rings. The Kier molecular flexibility index (Phi) is 10.0. The van der Waals surface area contributed by atoms with Crippen molar-refractivity contribution in [1.82, 2.24) is 0 Å². The summed E-state index contributed by atoms with van der Waals surface area (Å²) in [6.45, 7) is 1.88. The quantitative estimate of drug-likeness (QED) is 0.324. The summed E-state index contributed by atoms with van der Waals surface area (Å²) in [6.07, 6.45) is 2.94. The summed E-state index contributed by atoms with van der Waals surface area (Å²) < 4.78 is 0. The van der Waals surface area contributed by atoms with Gasteiger partial charge in [-0.1, -0.05) is 0 Å². The molecule has 5 nitrogen and oxygen atoms in total. The zero-order valence-electron chi connectivity index (χ0n) is 9.04. The van der Waals surface area contributed by atoms with E-state index >= 15 is 0 Å². The zero-order chi connectivity index (χ0) is 11.5. The number of hydrogen-bond donors (Lipinski definition) is 3. The van der Waals surface area contributed by atoms with Gasteiger partial charge in [0.1, 0.15) is 0 Å². The van der Waals surface area contributed by atoms with E-state index in [2.05, 4.69) is 0 Å². The number of unbranched alkanes of at least 4 members (excludes halogenated alkanes) is 2. The van der Waals surface area contributed by atoms with Gasteiger partial charge in [-0.05, 0) is 25.8 Å². The Bertz CT molecular complexity index is 169. The fraction of sp³-hybridized carbons (Fsp3) is 0.889. The second kappa shape index (κ2) is 10.2. The Morgan fingerprint density at radius 3 is 2.60 bits per heavy atom. The van der Waals surface area contributed by atoms with Gasteiger partial charge < -0.3 is 21.7 Å². The standard InChI is InChI=1S/C9H21N3O2S/c10-4-2-1-3-5-12(14)6-7-15-8-9(11)13/h12H,1-8,10H2,(H2,11,13). The minimum Gasteiger partial charge on any atom is -0.634 e. The molecule has 0 saturated heterocycles.